The first-order valence-corrected chi connectivity index (χ1v) is 13.6. The molecule has 1 heterocycles. The molecule has 196 valence electrons. The molecule has 1 aromatic carbocycles. The number of rotatable bonds is 6. The van der Waals surface area contributed by atoms with Gasteiger partial charge in [-0.3, -0.25) is 15.0 Å². The molecule has 2 aliphatic rings. The number of nitro groups is 1. The van der Waals surface area contributed by atoms with Gasteiger partial charge >= 0.3 is 6.09 Å². The average molecular weight is 512 g/mol. The number of hydrogen-bond donors (Lipinski definition) is 2. The molecule has 35 heavy (non-hydrogen) atoms. The molecule has 11 nitrogen and oxygen atoms in total. The van der Waals surface area contributed by atoms with Crippen LogP contribution in [0.15, 0.2) is 23.1 Å². The topological polar surface area (TPSA) is 148 Å². The van der Waals surface area contributed by atoms with Crippen LogP contribution in [0.25, 0.3) is 0 Å². The Hall–Kier alpha value is -2.44. The predicted octanol–water partition coefficient (Wildman–Crippen LogP) is 3.15. The minimum Gasteiger partial charge on any atom is -0.444 e. The van der Waals surface area contributed by atoms with Crippen molar-refractivity contribution in [1.82, 2.24) is 9.80 Å². The van der Waals surface area contributed by atoms with Gasteiger partial charge in [-0.15, -0.1) is 0 Å². The summed E-state index contributed by atoms with van der Waals surface area (Å²) >= 11 is 0. The number of nitrogens with one attached hydrogen (secondary N) is 1. The largest absolute Gasteiger partial charge is 0.444 e. The second-order valence-electron chi connectivity index (χ2n) is 10.6. The van der Waals surface area contributed by atoms with Crippen LogP contribution >= 0.6 is 0 Å². The summed E-state index contributed by atoms with van der Waals surface area (Å²) in [5.74, 6) is 0.365. The molecule has 1 saturated heterocycles. The van der Waals surface area contributed by atoms with Crippen molar-refractivity contribution in [2.24, 2.45) is 11.1 Å². The first kappa shape index (κ1) is 27.2. The Morgan fingerprint density at radius 1 is 1.23 bits per heavy atom. The molecule has 0 radical (unpaired) electrons. The molecule has 0 spiro atoms. The van der Waals surface area contributed by atoms with Crippen molar-refractivity contribution in [2.75, 3.05) is 31.5 Å². The van der Waals surface area contributed by atoms with Crippen molar-refractivity contribution in [3.05, 3.63) is 28.3 Å². The average Bonchev–Trinajstić information content (AvgIpc) is 2.76. The van der Waals surface area contributed by atoms with Gasteiger partial charge in [0.25, 0.3) is 5.69 Å². The molecule has 0 unspecified atom stereocenters. The normalized spacial score (nSPS) is 24.1. The van der Waals surface area contributed by atoms with E-state index in [0.29, 0.717) is 25.0 Å². The number of anilines is 1. The van der Waals surface area contributed by atoms with Crippen molar-refractivity contribution >= 4 is 27.5 Å². The molecular formula is C23H37N5O6S. The van der Waals surface area contributed by atoms with Gasteiger partial charge in [-0.05, 0) is 71.4 Å². The third kappa shape index (κ3) is 7.28. The minimum absolute atomic E-state index is 0.0823. The quantitative estimate of drug-likeness (QED) is 0.437. The highest BCUT2D eigenvalue weighted by Crippen LogP contribution is 2.32. The second kappa shape index (κ2) is 10.7. The van der Waals surface area contributed by atoms with Gasteiger partial charge in [0.05, 0.1) is 9.82 Å². The lowest BCUT2D eigenvalue weighted by molar-refractivity contribution is -0.384. The van der Waals surface area contributed by atoms with Crippen molar-refractivity contribution < 1.29 is 22.9 Å². The highest BCUT2D eigenvalue weighted by molar-refractivity contribution is 7.89. The molecule has 1 aliphatic heterocycles. The number of nitrogens with zero attached hydrogens (tertiary/aromatic N) is 3. The van der Waals surface area contributed by atoms with Crippen molar-refractivity contribution in [3.8, 4) is 0 Å². The number of ether oxygens (including phenoxy) is 1. The zero-order valence-corrected chi connectivity index (χ0v) is 21.7. The first-order valence-electron chi connectivity index (χ1n) is 12.0. The fourth-order valence-corrected chi connectivity index (χ4v) is 5.40. The molecule has 1 aromatic rings. The van der Waals surface area contributed by atoms with E-state index in [2.05, 4.69) is 17.1 Å². The first-order chi connectivity index (χ1) is 16.2. The van der Waals surface area contributed by atoms with Gasteiger partial charge in [-0.25, -0.2) is 18.4 Å². The molecule has 3 N–H and O–H groups in total. The standard InChI is InChI=1S/C23H37N5O6S/c1-16-15-26(11-12-27(16)22(29)34-23(2,3)4)18-7-5-17(6-8-18)14-25-20-10-9-19(35(24,32)33)13-21(20)28(30)31/h9-10,13,16-18,25H,5-8,11-12,14-15H2,1-4H3,(H2,24,32,33)/t16-,17-,18-/m0/s1. The molecule has 2 fully saturated rings. The summed E-state index contributed by atoms with van der Waals surface area (Å²) in [5, 5.41) is 19.7. The minimum atomic E-state index is -4.01. The Morgan fingerprint density at radius 3 is 2.43 bits per heavy atom. The maximum absolute atomic E-state index is 12.5. The molecule has 1 amide bonds. The van der Waals surface area contributed by atoms with Gasteiger partial charge in [0, 0.05) is 44.3 Å². The number of sulfonamides is 1. The van der Waals surface area contributed by atoms with E-state index in [1.54, 1.807) is 0 Å². The second-order valence-corrected chi connectivity index (χ2v) is 12.1. The van der Waals surface area contributed by atoms with E-state index in [0.717, 1.165) is 44.8 Å². The Bertz CT molecular complexity index is 1030. The number of nitro benzene ring substituents is 1. The summed E-state index contributed by atoms with van der Waals surface area (Å²) in [4.78, 5) is 27.3. The summed E-state index contributed by atoms with van der Waals surface area (Å²) in [6.45, 7) is 10.5. The van der Waals surface area contributed by atoms with Crippen LogP contribution < -0.4 is 10.5 Å². The van der Waals surface area contributed by atoms with Crippen LogP contribution in [0.1, 0.15) is 53.4 Å². The van der Waals surface area contributed by atoms with Crippen molar-refractivity contribution in [1.29, 1.82) is 0 Å². The maximum Gasteiger partial charge on any atom is 0.410 e. The number of carbonyl (C=O) groups is 1. The molecule has 1 atom stereocenters. The number of benzene rings is 1. The SMILES string of the molecule is C[C@H]1CN([C@H]2CC[C@H](CNc3ccc(S(N)(=O)=O)cc3[N+](=O)[O-])CC2)CCN1C(=O)OC(C)(C)C. The number of nitrogens with two attached hydrogens (primary N) is 1. The molecule has 0 bridgehead atoms. The number of primary sulfonamides is 1. The molecule has 1 saturated carbocycles. The van der Waals surface area contributed by atoms with Gasteiger partial charge in [-0.2, -0.15) is 0 Å². The maximum atomic E-state index is 12.5. The Morgan fingerprint density at radius 2 is 1.89 bits per heavy atom. The van der Waals surface area contributed by atoms with E-state index in [9.17, 15) is 23.3 Å². The van der Waals surface area contributed by atoms with E-state index in [1.807, 2.05) is 25.7 Å². The molecular weight excluding hydrogens is 474 g/mol. The van der Waals surface area contributed by atoms with Crippen LogP contribution in [0, 0.1) is 16.0 Å². The zero-order valence-electron chi connectivity index (χ0n) is 20.9. The zero-order chi connectivity index (χ0) is 26.0. The predicted molar refractivity (Wildman–Crippen MR) is 133 cm³/mol. The molecule has 3 rings (SSSR count). The number of amides is 1. The van der Waals surface area contributed by atoms with Crippen LogP contribution in [0.2, 0.25) is 0 Å². The van der Waals surface area contributed by atoms with Gasteiger partial charge < -0.3 is 15.0 Å². The lowest BCUT2D eigenvalue weighted by atomic mass is 9.84. The van der Waals surface area contributed by atoms with E-state index >= 15 is 0 Å². The van der Waals surface area contributed by atoms with E-state index in [-0.39, 0.29) is 28.4 Å². The Labute approximate surface area is 207 Å². The summed E-state index contributed by atoms with van der Waals surface area (Å²) in [7, 11) is -4.01. The van der Waals surface area contributed by atoms with E-state index < -0.39 is 20.5 Å². The van der Waals surface area contributed by atoms with Crippen LogP contribution in [0.5, 0.6) is 0 Å². The monoisotopic (exact) mass is 511 g/mol. The van der Waals surface area contributed by atoms with Gasteiger partial charge in [0.15, 0.2) is 0 Å². The summed E-state index contributed by atoms with van der Waals surface area (Å²) in [5.41, 5.74) is -0.524. The van der Waals surface area contributed by atoms with Gasteiger partial charge in [0.1, 0.15) is 11.3 Å². The highest BCUT2D eigenvalue weighted by atomic mass is 32.2. The van der Waals surface area contributed by atoms with Crippen molar-refractivity contribution in [3.63, 3.8) is 0 Å². The fraction of sp³-hybridized carbons (Fsp3) is 0.696. The van der Waals surface area contributed by atoms with Crippen molar-refractivity contribution in [2.45, 2.75) is 76.0 Å². The number of hydrogen-bond acceptors (Lipinski definition) is 8. The number of carbonyl (C=O) groups excluding carboxylic acids is 1. The lowest BCUT2D eigenvalue weighted by Crippen LogP contribution is -2.57. The van der Waals surface area contributed by atoms with E-state index in [1.165, 1.54) is 12.1 Å². The summed E-state index contributed by atoms with van der Waals surface area (Å²) in [6.07, 6.45) is 3.77. The summed E-state index contributed by atoms with van der Waals surface area (Å²) < 4.78 is 28.6. The van der Waals surface area contributed by atoms with Crippen LogP contribution in [0.3, 0.4) is 0 Å². The summed E-state index contributed by atoms with van der Waals surface area (Å²) in [6, 6.07) is 4.21. The molecule has 0 aromatic heterocycles. The van der Waals surface area contributed by atoms with Crippen LogP contribution in [-0.4, -0.2) is 73.1 Å². The highest BCUT2D eigenvalue weighted by Gasteiger charge is 2.34. The fourth-order valence-electron chi connectivity index (χ4n) is 4.87. The van der Waals surface area contributed by atoms with E-state index in [4.69, 9.17) is 9.88 Å². The van der Waals surface area contributed by atoms with Crippen LogP contribution in [0.4, 0.5) is 16.2 Å². The smallest absolute Gasteiger partial charge is 0.410 e. The third-order valence-electron chi connectivity index (χ3n) is 6.70. The third-order valence-corrected chi connectivity index (χ3v) is 7.61. The molecule has 12 heteroatoms. The Balaban J connectivity index is 1.50. The van der Waals surface area contributed by atoms with Crippen LogP contribution in [-0.2, 0) is 14.8 Å². The van der Waals surface area contributed by atoms with Gasteiger partial charge in [0.2, 0.25) is 10.0 Å². The van der Waals surface area contributed by atoms with Gasteiger partial charge in [-0.1, -0.05) is 0 Å². The Kier molecular flexibility index (Phi) is 8.28. The number of piperazine rings is 1. The molecule has 1 aliphatic carbocycles. The lowest BCUT2D eigenvalue weighted by Gasteiger charge is -2.45.